The van der Waals surface area contributed by atoms with Crippen LogP contribution in [0.5, 0.6) is 11.5 Å². The molecule has 0 aliphatic rings. The first-order valence-corrected chi connectivity index (χ1v) is 12.1. The first-order valence-electron chi connectivity index (χ1n) is 12.1. The molecule has 1 amide bonds. The van der Waals surface area contributed by atoms with Gasteiger partial charge in [0.2, 0.25) is 0 Å². The van der Waals surface area contributed by atoms with Gasteiger partial charge in [0.15, 0.2) is 12.4 Å². The zero-order valence-corrected chi connectivity index (χ0v) is 21.5. The number of amides is 1. The smallest absolute Gasteiger partial charge is 0.344 e. The van der Waals surface area contributed by atoms with Crippen molar-refractivity contribution in [2.45, 2.75) is 27.4 Å². The van der Waals surface area contributed by atoms with E-state index in [2.05, 4.69) is 41.1 Å². The Balaban J connectivity index is 1.26. The Hall–Kier alpha value is -4.79. The number of aryl methyl sites for hydroxylation is 2. The molecule has 0 saturated heterocycles. The summed E-state index contributed by atoms with van der Waals surface area (Å²) in [6.07, 6.45) is 1.46. The first kappa shape index (κ1) is 26.3. The number of aromatic nitrogens is 1. The van der Waals surface area contributed by atoms with Gasteiger partial charge < -0.3 is 23.2 Å². The highest BCUT2D eigenvalue weighted by Crippen LogP contribution is 2.21. The van der Waals surface area contributed by atoms with Crippen LogP contribution in [0.25, 0.3) is 5.69 Å². The van der Waals surface area contributed by atoms with Gasteiger partial charge in [-0.2, -0.15) is 5.10 Å². The monoisotopic (exact) mass is 515 g/mol. The molecule has 0 unspecified atom stereocenters. The number of hydrazone groups is 1. The van der Waals surface area contributed by atoms with Crippen LogP contribution in [0.1, 0.15) is 40.2 Å². The molecular weight excluding hydrogens is 486 g/mol. The Labute approximate surface area is 220 Å². The van der Waals surface area contributed by atoms with E-state index < -0.39 is 11.9 Å². The number of nitrogens with zero attached hydrogens (tertiary/aromatic N) is 2. The molecule has 0 fully saturated rings. The van der Waals surface area contributed by atoms with Gasteiger partial charge >= 0.3 is 11.9 Å². The van der Waals surface area contributed by atoms with Crippen molar-refractivity contribution < 1.29 is 28.2 Å². The molecule has 0 aliphatic heterocycles. The van der Waals surface area contributed by atoms with Crippen molar-refractivity contribution in [2.24, 2.45) is 5.10 Å². The highest BCUT2D eigenvalue weighted by atomic mass is 16.6. The van der Waals surface area contributed by atoms with Crippen molar-refractivity contribution in [3.63, 3.8) is 0 Å². The van der Waals surface area contributed by atoms with Crippen LogP contribution >= 0.6 is 0 Å². The number of rotatable bonds is 11. The lowest BCUT2D eigenvalue weighted by Crippen LogP contribution is -2.16. The van der Waals surface area contributed by atoms with Gasteiger partial charge in [-0.25, -0.2) is 10.2 Å². The lowest BCUT2D eigenvalue weighted by atomic mass is 10.2. The van der Waals surface area contributed by atoms with E-state index in [1.807, 2.05) is 24.3 Å². The summed E-state index contributed by atoms with van der Waals surface area (Å²) in [4.78, 5) is 23.8. The van der Waals surface area contributed by atoms with Crippen LogP contribution in [0.3, 0.4) is 0 Å². The van der Waals surface area contributed by atoms with Gasteiger partial charge in [0.05, 0.1) is 12.8 Å². The highest BCUT2D eigenvalue weighted by Gasteiger charge is 2.11. The van der Waals surface area contributed by atoms with Crippen LogP contribution in [0.4, 0.5) is 0 Å². The highest BCUT2D eigenvalue weighted by molar-refractivity contribution is 5.92. The van der Waals surface area contributed by atoms with E-state index in [4.69, 9.17) is 18.6 Å². The van der Waals surface area contributed by atoms with E-state index in [0.717, 1.165) is 17.1 Å². The average Bonchev–Trinajstić information content (AvgIpc) is 3.53. The summed E-state index contributed by atoms with van der Waals surface area (Å²) in [7, 11) is 0. The standard InChI is InChI=1S/C29H29N3O6/c1-4-35-28(33)19-37-25-7-5-6-22(16-25)17-30-31-29(34)27-15-14-26(38-27)18-36-24-12-10-23(11-13-24)32-20(2)8-9-21(32)3/h5-17H,4,18-19H2,1-3H3,(H,31,34)/b30-17+. The third-order valence-corrected chi connectivity index (χ3v) is 5.53. The van der Waals surface area contributed by atoms with Crippen molar-refractivity contribution in [1.82, 2.24) is 9.99 Å². The molecule has 2 aromatic heterocycles. The van der Waals surface area contributed by atoms with Crippen molar-refractivity contribution >= 4 is 18.1 Å². The van der Waals surface area contributed by atoms with Gasteiger partial charge in [0, 0.05) is 17.1 Å². The molecule has 0 bridgehead atoms. The molecule has 9 heteroatoms. The fourth-order valence-corrected chi connectivity index (χ4v) is 3.75. The number of carbonyl (C=O) groups is 2. The van der Waals surface area contributed by atoms with Crippen LogP contribution in [0.15, 0.2) is 82.3 Å². The molecule has 196 valence electrons. The number of nitrogens with one attached hydrogen (secondary N) is 1. The summed E-state index contributed by atoms with van der Waals surface area (Å²) >= 11 is 0. The minimum Gasteiger partial charge on any atom is -0.486 e. The van der Waals surface area contributed by atoms with Crippen LogP contribution in [-0.4, -0.2) is 35.9 Å². The van der Waals surface area contributed by atoms with Crippen LogP contribution < -0.4 is 14.9 Å². The number of hydrogen-bond acceptors (Lipinski definition) is 7. The Morgan fingerprint density at radius 3 is 2.45 bits per heavy atom. The van der Waals surface area contributed by atoms with E-state index in [1.54, 1.807) is 43.3 Å². The zero-order chi connectivity index (χ0) is 26.9. The predicted octanol–water partition coefficient (Wildman–Crippen LogP) is 4.97. The third-order valence-electron chi connectivity index (χ3n) is 5.53. The fourth-order valence-electron chi connectivity index (χ4n) is 3.75. The summed E-state index contributed by atoms with van der Waals surface area (Å²) < 4.78 is 23.8. The van der Waals surface area contributed by atoms with Crippen LogP contribution in [-0.2, 0) is 16.1 Å². The lowest BCUT2D eigenvalue weighted by Gasteiger charge is -2.10. The van der Waals surface area contributed by atoms with Crippen LogP contribution in [0, 0.1) is 13.8 Å². The maximum Gasteiger partial charge on any atom is 0.344 e. The van der Waals surface area contributed by atoms with Crippen LogP contribution in [0.2, 0.25) is 0 Å². The van der Waals surface area contributed by atoms with Crippen molar-refractivity contribution in [3.8, 4) is 17.2 Å². The van der Waals surface area contributed by atoms with Gasteiger partial charge in [-0.3, -0.25) is 4.79 Å². The summed E-state index contributed by atoms with van der Waals surface area (Å²) in [6.45, 7) is 6.14. The molecule has 4 aromatic rings. The number of esters is 1. The molecule has 0 aliphatic carbocycles. The first-order chi connectivity index (χ1) is 18.4. The minimum absolute atomic E-state index is 0.112. The largest absolute Gasteiger partial charge is 0.486 e. The molecule has 2 heterocycles. The number of furan rings is 1. The second kappa shape index (κ2) is 12.4. The SMILES string of the molecule is CCOC(=O)COc1cccc(/C=N/NC(=O)c2ccc(COc3ccc(-n4c(C)ccc4C)cc3)o2)c1. The molecule has 0 atom stereocenters. The van der Waals surface area contributed by atoms with Gasteiger partial charge in [0.25, 0.3) is 0 Å². The van der Waals surface area contributed by atoms with E-state index in [-0.39, 0.29) is 19.0 Å². The Morgan fingerprint density at radius 1 is 0.947 bits per heavy atom. The molecule has 2 aromatic carbocycles. The normalized spacial score (nSPS) is 10.9. The van der Waals surface area contributed by atoms with E-state index in [1.165, 1.54) is 6.21 Å². The van der Waals surface area contributed by atoms with Crippen molar-refractivity contribution in [2.75, 3.05) is 13.2 Å². The molecule has 1 N–H and O–H groups in total. The third kappa shape index (κ3) is 6.91. The van der Waals surface area contributed by atoms with Crippen molar-refractivity contribution in [3.05, 3.63) is 101 Å². The fraction of sp³-hybridized carbons (Fsp3) is 0.207. The predicted molar refractivity (Wildman–Crippen MR) is 142 cm³/mol. The molecule has 0 radical (unpaired) electrons. The molecule has 0 saturated carbocycles. The zero-order valence-electron chi connectivity index (χ0n) is 21.5. The maximum atomic E-state index is 12.4. The van der Waals surface area contributed by atoms with Gasteiger partial charge in [-0.1, -0.05) is 12.1 Å². The van der Waals surface area contributed by atoms with E-state index >= 15 is 0 Å². The molecule has 4 rings (SSSR count). The molecular formula is C29H29N3O6. The topological polar surface area (TPSA) is 104 Å². The molecule has 0 spiro atoms. The van der Waals surface area contributed by atoms with E-state index in [9.17, 15) is 9.59 Å². The Bertz CT molecular complexity index is 1400. The van der Waals surface area contributed by atoms with E-state index in [0.29, 0.717) is 29.4 Å². The van der Waals surface area contributed by atoms with Crippen molar-refractivity contribution in [1.29, 1.82) is 0 Å². The van der Waals surface area contributed by atoms with Gasteiger partial charge in [0.1, 0.15) is 23.9 Å². The van der Waals surface area contributed by atoms with Gasteiger partial charge in [-0.05, 0) is 87.0 Å². The molecule has 9 nitrogen and oxygen atoms in total. The average molecular weight is 516 g/mol. The summed E-state index contributed by atoms with van der Waals surface area (Å²) in [5.74, 6) is 0.847. The number of ether oxygens (including phenoxy) is 3. The van der Waals surface area contributed by atoms with Gasteiger partial charge in [-0.15, -0.1) is 0 Å². The Kier molecular flexibility index (Phi) is 8.61. The summed E-state index contributed by atoms with van der Waals surface area (Å²) in [5, 5.41) is 3.96. The number of hydrogen-bond donors (Lipinski definition) is 1. The summed E-state index contributed by atoms with van der Waals surface area (Å²) in [6, 6.07) is 22.1. The quantitative estimate of drug-likeness (QED) is 0.172. The minimum atomic E-state index is -0.496. The number of carbonyl (C=O) groups excluding carboxylic acids is 2. The second-order valence-electron chi connectivity index (χ2n) is 8.37. The maximum absolute atomic E-state index is 12.4. The lowest BCUT2D eigenvalue weighted by molar-refractivity contribution is -0.145. The number of benzene rings is 2. The Morgan fingerprint density at radius 2 is 1.71 bits per heavy atom. The second-order valence-corrected chi connectivity index (χ2v) is 8.37. The summed E-state index contributed by atoms with van der Waals surface area (Å²) in [5.41, 5.74) is 6.49. The molecule has 38 heavy (non-hydrogen) atoms.